The van der Waals surface area contributed by atoms with Crippen molar-refractivity contribution in [3.8, 4) is 0 Å². The van der Waals surface area contributed by atoms with Gasteiger partial charge in [0, 0.05) is 61.2 Å². The predicted molar refractivity (Wildman–Crippen MR) is 260 cm³/mol. The molecule has 0 amide bonds. The number of benzene rings is 11. The minimum Gasteiger partial charge on any atom is -0.456 e. The lowest BCUT2D eigenvalue weighted by Crippen LogP contribution is -2.11. The molecule has 0 aliphatic rings. The lowest BCUT2D eigenvalue weighted by Gasteiger charge is -2.28. The van der Waals surface area contributed by atoms with Crippen molar-refractivity contribution in [3.05, 3.63) is 218 Å². The van der Waals surface area contributed by atoms with Gasteiger partial charge in [-0.1, -0.05) is 158 Å². The summed E-state index contributed by atoms with van der Waals surface area (Å²) < 4.78 is 14.1. The van der Waals surface area contributed by atoms with Gasteiger partial charge in [0.2, 0.25) is 0 Å². The molecule has 4 heteroatoms. The Morgan fingerprint density at radius 3 is 1.24 bits per heavy atom. The minimum absolute atomic E-state index is 0.788. The predicted octanol–water partition coefficient (Wildman–Crippen LogP) is 17.0. The van der Waals surface area contributed by atoms with Crippen LogP contribution in [0.1, 0.15) is 0 Å². The largest absolute Gasteiger partial charge is 0.456 e. The number of anilines is 6. The normalized spacial score (nSPS) is 11.9. The summed E-state index contributed by atoms with van der Waals surface area (Å²) in [6.07, 6.45) is 0. The molecule has 290 valence electrons. The highest BCUT2D eigenvalue weighted by molar-refractivity contribution is 6.32. The molecule has 0 aliphatic carbocycles. The molecule has 4 nitrogen and oxygen atoms in total. The topological polar surface area (TPSA) is 32.8 Å². The number of hydrogen-bond donors (Lipinski definition) is 0. The van der Waals surface area contributed by atoms with Gasteiger partial charge in [-0.3, -0.25) is 0 Å². The van der Waals surface area contributed by atoms with Crippen molar-refractivity contribution in [2.45, 2.75) is 0 Å². The molecule has 0 radical (unpaired) electrons. The van der Waals surface area contributed by atoms with Crippen LogP contribution in [-0.4, -0.2) is 0 Å². The van der Waals surface area contributed by atoms with E-state index in [0.717, 1.165) is 99.5 Å². The summed E-state index contributed by atoms with van der Waals surface area (Å²) >= 11 is 0. The van der Waals surface area contributed by atoms with E-state index in [9.17, 15) is 0 Å². The van der Waals surface area contributed by atoms with Crippen LogP contribution in [0.2, 0.25) is 0 Å². The fourth-order valence-electron chi connectivity index (χ4n) is 9.92. The van der Waals surface area contributed by atoms with E-state index in [2.05, 4.69) is 228 Å². The summed E-state index contributed by atoms with van der Waals surface area (Å²) in [6, 6.07) is 77.7. The van der Waals surface area contributed by atoms with Crippen molar-refractivity contribution in [3.63, 3.8) is 0 Å². The van der Waals surface area contributed by atoms with Gasteiger partial charge >= 0.3 is 0 Å². The van der Waals surface area contributed by atoms with Crippen molar-refractivity contribution >= 4 is 121 Å². The number of furan rings is 2. The van der Waals surface area contributed by atoms with Crippen molar-refractivity contribution in [1.82, 2.24) is 0 Å². The van der Waals surface area contributed by atoms with Gasteiger partial charge in [0.15, 0.2) is 0 Å². The average Bonchev–Trinajstić information content (AvgIpc) is 3.91. The zero-order valence-corrected chi connectivity index (χ0v) is 33.5. The van der Waals surface area contributed by atoms with Crippen molar-refractivity contribution in [1.29, 1.82) is 0 Å². The molecule has 2 aromatic heterocycles. The van der Waals surface area contributed by atoms with Crippen LogP contribution in [0.4, 0.5) is 34.1 Å². The minimum atomic E-state index is 0.788. The molecular formula is C58H36N2O2. The Balaban J connectivity index is 1.10. The molecule has 0 saturated heterocycles. The Morgan fingerprint density at radius 2 is 0.694 bits per heavy atom. The van der Waals surface area contributed by atoms with Gasteiger partial charge in [0.1, 0.15) is 22.3 Å². The van der Waals surface area contributed by atoms with Crippen molar-refractivity contribution < 1.29 is 8.83 Å². The lowest BCUT2D eigenvalue weighted by atomic mass is 9.97. The quantitative estimate of drug-likeness (QED) is 0.168. The monoisotopic (exact) mass is 792 g/mol. The van der Waals surface area contributed by atoms with E-state index in [1.54, 1.807) is 0 Å². The van der Waals surface area contributed by atoms with Crippen LogP contribution < -0.4 is 9.80 Å². The maximum atomic E-state index is 7.21. The van der Waals surface area contributed by atoms with Gasteiger partial charge in [-0.25, -0.2) is 0 Å². The van der Waals surface area contributed by atoms with Gasteiger partial charge < -0.3 is 18.6 Å². The third kappa shape index (κ3) is 5.14. The van der Waals surface area contributed by atoms with E-state index in [-0.39, 0.29) is 0 Å². The number of fused-ring (bicyclic) bond motifs is 13. The molecular weight excluding hydrogens is 757 g/mol. The molecule has 2 heterocycles. The van der Waals surface area contributed by atoms with Crippen LogP contribution in [0.25, 0.3) is 87.0 Å². The van der Waals surface area contributed by atoms with Crippen LogP contribution in [0.5, 0.6) is 0 Å². The Labute approximate surface area is 356 Å². The second kappa shape index (κ2) is 13.6. The van der Waals surface area contributed by atoms with Crippen LogP contribution in [-0.2, 0) is 0 Å². The Hall–Kier alpha value is -8.34. The van der Waals surface area contributed by atoms with Gasteiger partial charge in [0.25, 0.3) is 0 Å². The van der Waals surface area contributed by atoms with Crippen LogP contribution in [0.15, 0.2) is 227 Å². The Kier molecular flexibility index (Phi) is 7.57. The lowest BCUT2D eigenvalue weighted by molar-refractivity contribution is 0.663. The Morgan fingerprint density at radius 1 is 0.258 bits per heavy atom. The van der Waals surface area contributed by atoms with Gasteiger partial charge in [-0.2, -0.15) is 0 Å². The summed E-state index contributed by atoms with van der Waals surface area (Å²) in [5.41, 5.74) is 9.68. The zero-order chi connectivity index (χ0) is 40.7. The van der Waals surface area contributed by atoms with Gasteiger partial charge in [0.05, 0.1) is 28.1 Å². The molecule has 0 unspecified atom stereocenters. The summed E-state index contributed by atoms with van der Waals surface area (Å²) in [7, 11) is 0. The molecule has 0 aliphatic heterocycles. The maximum Gasteiger partial charge on any atom is 0.147 e. The molecule has 13 aromatic rings. The van der Waals surface area contributed by atoms with E-state index < -0.39 is 0 Å². The second-order valence-corrected chi connectivity index (χ2v) is 16.0. The van der Waals surface area contributed by atoms with E-state index in [1.807, 2.05) is 0 Å². The van der Waals surface area contributed by atoms with Gasteiger partial charge in [-0.15, -0.1) is 0 Å². The second-order valence-electron chi connectivity index (χ2n) is 16.0. The number of hydrogen-bond acceptors (Lipinski definition) is 4. The molecule has 0 N–H and O–H groups in total. The highest BCUT2D eigenvalue weighted by atomic mass is 16.3. The molecule has 0 bridgehead atoms. The van der Waals surface area contributed by atoms with Gasteiger partial charge in [-0.05, 0) is 70.1 Å². The highest BCUT2D eigenvalue weighted by Crippen LogP contribution is 2.50. The molecule has 0 fully saturated rings. The van der Waals surface area contributed by atoms with E-state index in [4.69, 9.17) is 8.83 Å². The maximum absolute atomic E-state index is 7.21. The van der Waals surface area contributed by atoms with Crippen molar-refractivity contribution in [2.75, 3.05) is 9.80 Å². The first kappa shape index (κ1) is 34.5. The number of rotatable bonds is 6. The molecule has 13 rings (SSSR count). The third-order valence-corrected chi connectivity index (χ3v) is 12.6. The van der Waals surface area contributed by atoms with Crippen LogP contribution in [0, 0.1) is 0 Å². The average molecular weight is 793 g/mol. The van der Waals surface area contributed by atoms with Crippen LogP contribution in [0.3, 0.4) is 0 Å². The van der Waals surface area contributed by atoms with Crippen molar-refractivity contribution in [2.24, 2.45) is 0 Å². The first-order valence-corrected chi connectivity index (χ1v) is 21.1. The first-order valence-electron chi connectivity index (χ1n) is 21.1. The summed E-state index contributed by atoms with van der Waals surface area (Å²) in [6.45, 7) is 0. The third-order valence-electron chi connectivity index (χ3n) is 12.6. The molecule has 11 aromatic carbocycles. The van der Waals surface area contributed by atoms with Crippen LogP contribution >= 0.6 is 0 Å². The number of para-hydroxylation sites is 2. The van der Waals surface area contributed by atoms with E-state index in [0.29, 0.717) is 0 Å². The zero-order valence-electron chi connectivity index (χ0n) is 33.5. The summed E-state index contributed by atoms with van der Waals surface area (Å²) in [4.78, 5) is 4.75. The smallest absolute Gasteiger partial charge is 0.147 e. The SMILES string of the molecule is c1ccc(N(c2cccc3ccccc23)c2cc3oc4c(ccc5oc6cc(N(c7ccccc7)c7cccc8ccccc78)c7ccccc7c6c54)c3c3ccccc23)cc1. The molecule has 0 atom stereocenters. The fraction of sp³-hybridized carbons (Fsp3) is 0. The summed E-state index contributed by atoms with van der Waals surface area (Å²) in [5, 5.41) is 13.4. The molecule has 0 saturated carbocycles. The standard InChI is InChI=1S/C58H36N2O2/c1-3-21-39(22-4-1)59(48-31-15-19-37-17-7-9-25-41(37)48)50-35-53-55(45-29-13-11-27-43(45)50)47-33-34-52-57(58(47)62-53)56-46-30-14-12-28-44(46)51(36-54(56)61-52)60(40-23-5-2-6-24-40)49-32-16-20-38-18-8-10-26-42(38)49/h1-36H. The highest BCUT2D eigenvalue weighted by Gasteiger charge is 2.26. The number of nitrogens with zero attached hydrogens (tertiary/aromatic N) is 2. The summed E-state index contributed by atoms with van der Waals surface area (Å²) in [5.74, 6) is 0. The Bertz CT molecular complexity index is 3880. The molecule has 62 heavy (non-hydrogen) atoms. The molecule has 0 spiro atoms. The van der Waals surface area contributed by atoms with E-state index in [1.165, 1.54) is 21.5 Å². The fourth-order valence-corrected chi connectivity index (χ4v) is 9.92. The van der Waals surface area contributed by atoms with E-state index >= 15 is 0 Å². The first-order chi connectivity index (χ1) is 30.8.